The lowest BCUT2D eigenvalue weighted by Gasteiger charge is -2.33. The fourth-order valence-corrected chi connectivity index (χ4v) is 3.43. The molecule has 3 atom stereocenters. The van der Waals surface area contributed by atoms with E-state index < -0.39 is 0 Å². The number of aryl methyl sites for hydroxylation is 1. The van der Waals surface area contributed by atoms with Gasteiger partial charge in [0.25, 0.3) is 0 Å². The van der Waals surface area contributed by atoms with Crippen molar-refractivity contribution in [3.63, 3.8) is 0 Å². The van der Waals surface area contributed by atoms with Crippen molar-refractivity contribution in [1.82, 2.24) is 10.3 Å². The fraction of sp³-hybridized carbons (Fsp3) is 0.769. The highest BCUT2D eigenvalue weighted by atomic mass is 32.1. The van der Waals surface area contributed by atoms with Crippen LogP contribution in [0, 0.1) is 18.8 Å². The number of hydrogen-bond acceptors (Lipinski definition) is 3. The zero-order valence-corrected chi connectivity index (χ0v) is 11.3. The first-order chi connectivity index (χ1) is 7.65. The lowest BCUT2D eigenvalue weighted by atomic mass is 9.80. The van der Waals surface area contributed by atoms with Gasteiger partial charge in [0.15, 0.2) is 0 Å². The van der Waals surface area contributed by atoms with Gasteiger partial charge in [-0.3, -0.25) is 0 Å². The van der Waals surface area contributed by atoms with Crippen molar-refractivity contribution in [3.8, 4) is 0 Å². The molecule has 0 aromatic carbocycles. The molecule has 1 aromatic rings. The summed E-state index contributed by atoms with van der Waals surface area (Å²) < 4.78 is 0. The maximum Gasteiger partial charge on any atom is 0.0897 e. The lowest BCUT2D eigenvalue weighted by Crippen LogP contribution is -2.38. The molecule has 3 heteroatoms. The highest BCUT2D eigenvalue weighted by Crippen LogP contribution is 2.28. The molecule has 3 unspecified atom stereocenters. The number of nitrogens with zero attached hydrogens (tertiary/aromatic N) is 1. The Hall–Kier alpha value is -0.410. The van der Waals surface area contributed by atoms with Gasteiger partial charge in [-0.25, -0.2) is 4.98 Å². The third kappa shape index (κ3) is 3.05. The minimum atomic E-state index is 0.707. The molecule has 1 aromatic heterocycles. The van der Waals surface area contributed by atoms with E-state index in [9.17, 15) is 0 Å². The third-order valence-electron chi connectivity index (χ3n) is 3.64. The van der Waals surface area contributed by atoms with Crippen LogP contribution in [0.15, 0.2) is 6.20 Å². The Morgan fingerprint density at radius 2 is 2.25 bits per heavy atom. The lowest BCUT2D eigenvalue weighted by molar-refractivity contribution is 0.227. The molecule has 1 fully saturated rings. The second-order valence-corrected chi connectivity index (χ2v) is 6.55. The summed E-state index contributed by atoms with van der Waals surface area (Å²) in [6.07, 6.45) is 6.09. The van der Waals surface area contributed by atoms with Gasteiger partial charge in [0.05, 0.1) is 5.01 Å². The van der Waals surface area contributed by atoms with Crippen molar-refractivity contribution in [2.45, 2.75) is 52.6 Å². The summed E-state index contributed by atoms with van der Waals surface area (Å²) >= 11 is 1.80. The molecule has 1 saturated carbocycles. The smallest absolute Gasteiger partial charge is 0.0897 e. The first kappa shape index (κ1) is 12.1. The summed E-state index contributed by atoms with van der Waals surface area (Å²) in [5.74, 6) is 1.73. The maximum atomic E-state index is 4.29. The standard InChI is InChI=1S/C13H22N2S/c1-9-4-5-13(10(2)6-9)15-8-12-7-14-11(3)16-12/h7,9-10,13,15H,4-6,8H2,1-3H3. The Labute approximate surface area is 102 Å². The minimum absolute atomic E-state index is 0.707. The molecule has 1 aliphatic carbocycles. The van der Waals surface area contributed by atoms with Gasteiger partial charge in [0.2, 0.25) is 0 Å². The average molecular weight is 238 g/mol. The second kappa shape index (κ2) is 5.28. The molecule has 1 aliphatic rings. The van der Waals surface area contributed by atoms with Gasteiger partial charge >= 0.3 is 0 Å². The van der Waals surface area contributed by atoms with Crippen LogP contribution < -0.4 is 5.32 Å². The van der Waals surface area contributed by atoms with Gasteiger partial charge in [0.1, 0.15) is 0 Å². The summed E-state index contributed by atoms with van der Waals surface area (Å²) in [4.78, 5) is 5.65. The predicted molar refractivity (Wildman–Crippen MR) is 69.7 cm³/mol. The number of thiazole rings is 1. The Kier molecular flexibility index (Phi) is 3.98. The Balaban J connectivity index is 1.81. The van der Waals surface area contributed by atoms with Crippen LogP contribution in [0.1, 0.15) is 43.0 Å². The molecule has 0 spiro atoms. The van der Waals surface area contributed by atoms with E-state index in [0.717, 1.165) is 18.4 Å². The maximum absolute atomic E-state index is 4.29. The largest absolute Gasteiger partial charge is 0.309 e. The quantitative estimate of drug-likeness (QED) is 0.873. The van der Waals surface area contributed by atoms with E-state index >= 15 is 0 Å². The number of hydrogen-bond donors (Lipinski definition) is 1. The van der Waals surface area contributed by atoms with E-state index in [1.165, 1.54) is 29.1 Å². The Morgan fingerprint density at radius 3 is 2.88 bits per heavy atom. The van der Waals surface area contributed by atoms with Crippen LogP contribution >= 0.6 is 11.3 Å². The molecular formula is C13H22N2S. The molecule has 1 heterocycles. The van der Waals surface area contributed by atoms with E-state index in [1.54, 1.807) is 11.3 Å². The van der Waals surface area contributed by atoms with Crippen molar-refractivity contribution in [1.29, 1.82) is 0 Å². The molecule has 1 N–H and O–H groups in total. The first-order valence-corrected chi connectivity index (χ1v) is 7.11. The van der Waals surface area contributed by atoms with Gasteiger partial charge in [-0.2, -0.15) is 0 Å². The molecule has 0 bridgehead atoms. The Bertz CT molecular complexity index is 334. The summed E-state index contributed by atoms with van der Waals surface area (Å²) in [6, 6.07) is 0.707. The predicted octanol–water partition coefficient (Wildman–Crippen LogP) is 3.37. The molecule has 0 aliphatic heterocycles. The molecule has 0 amide bonds. The summed E-state index contributed by atoms with van der Waals surface area (Å²) in [7, 11) is 0. The molecule has 0 saturated heterocycles. The van der Waals surface area contributed by atoms with Crippen LogP contribution in [0.2, 0.25) is 0 Å². The van der Waals surface area contributed by atoms with Crippen molar-refractivity contribution in [2.24, 2.45) is 11.8 Å². The van der Waals surface area contributed by atoms with Crippen molar-refractivity contribution in [2.75, 3.05) is 0 Å². The molecule has 16 heavy (non-hydrogen) atoms. The van der Waals surface area contributed by atoms with Crippen LogP contribution in [0.5, 0.6) is 0 Å². The highest BCUT2D eigenvalue weighted by Gasteiger charge is 2.24. The van der Waals surface area contributed by atoms with Crippen molar-refractivity contribution < 1.29 is 0 Å². The average Bonchev–Trinajstić information content (AvgIpc) is 2.63. The van der Waals surface area contributed by atoms with E-state index in [0.29, 0.717) is 6.04 Å². The SMILES string of the molecule is Cc1ncc(CNC2CCC(C)CC2C)s1. The zero-order valence-electron chi connectivity index (χ0n) is 10.5. The van der Waals surface area contributed by atoms with Gasteiger partial charge in [0, 0.05) is 23.7 Å². The number of nitrogens with one attached hydrogen (secondary N) is 1. The third-order valence-corrected chi connectivity index (χ3v) is 4.55. The van der Waals surface area contributed by atoms with Gasteiger partial charge in [-0.1, -0.05) is 13.8 Å². The number of aromatic nitrogens is 1. The van der Waals surface area contributed by atoms with Gasteiger partial charge in [-0.05, 0) is 38.0 Å². The van der Waals surface area contributed by atoms with Crippen LogP contribution in [0.3, 0.4) is 0 Å². The summed E-state index contributed by atoms with van der Waals surface area (Å²) in [5, 5.41) is 4.86. The molecule has 90 valence electrons. The van der Waals surface area contributed by atoms with Crippen molar-refractivity contribution in [3.05, 3.63) is 16.1 Å². The van der Waals surface area contributed by atoms with Gasteiger partial charge in [-0.15, -0.1) is 11.3 Å². The Morgan fingerprint density at radius 1 is 1.44 bits per heavy atom. The number of rotatable bonds is 3. The highest BCUT2D eigenvalue weighted by molar-refractivity contribution is 7.11. The molecular weight excluding hydrogens is 216 g/mol. The van der Waals surface area contributed by atoms with Crippen molar-refractivity contribution >= 4 is 11.3 Å². The first-order valence-electron chi connectivity index (χ1n) is 6.30. The van der Waals surface area contributed by atoms with Crippen LogP contribution in [-0.4, -0.2) is 11.0 Å². The van der Waals surface area contributed by atoms with E-state index in [-0.39, 0.29) is 0 Å². The van der Waals surface area contributed by atoms with E-state index in [2.05, 4.69) is 31.1 Å². The molecule has 2 rings (SSSR count). The van der Waals surface area contributed by atoms with E-state index in [1.807, 2.05) is 6.20 Å². The topological polar surface area (TPSA) is 24.9 Å². The summed E-state index contributed by atoms with van der Waals surface area (Å²) in [5.41, 5.74) is 0. The van der Waals surface area contributed by atoms with E-state index in [4.69, 9.17) is 0 Å². The molecule has 0 radical (unpaired) electrons. The van der Waals surface area contributed by atoms with Crippen LogP contribution in [-0.2, 0) is 6.54 Å². The fourth-order valence-electron chi connectivity index (χ4n) is 2.69. The normalized spacial score (nSPS) is 30.6. The van der Waals surface area contributed by atoms with Gasteiger partial charge < -0.3 is 5.32 Å². The minimum Gasteiger partial charge on any atom is -0.309 e. The summed E-state index contributed by atoms with van der Waals surface area (Å²) in [6.45, 7) is 7.82. The molecule has 2 nitrogen and oxygen atoms in total. The zero-order chi connectivity index (χ0) is 11.5. The van der Waals surface area contributed by atoms with Crippen LogP contribution in [0.25, 0.3) is 0 Å². The van der Waals surface area contributed by atoms with Crippen LogP contribution in [0.4, 0.5) is 0 Å². The monoisotopic (exact) mass is 238 g/mol. The second-order valence-electron chi connectivity index (χ2n) is 5.23.